The van der Waals surface area contributed by atoms with Gasteiger partial charge in [0.2, 0.25) is 5.91 Å². The summed E-state index contributed by atoms with van der Waals surface area (Å²) in [6.45, 7) is 5.22. The first-order chi connectivity index (χ1) is 11.5. The lowest BCUT2D eigenvalue weighted by Gasteiger charge is -2.34. The van der Waals surface area contributed by atoms with Crippen molar-refractivity contribution in [2.75, 3.05) is 13.2 Å². The number of nitrogens with zero attached hydrogens (tertiary/aromatic N) is 3. The summed E-state index contributed by atoms with van der Waals surface area (Å²) in [6, 6.07) is 1.99. The standard InChI is InChI=1S/C17H22N4O3/c1-10-14(11(2)21-15(18-10)7-16(22)19-21)5-6-17(23)20-12-3-4-13(20)9-24-8-12/h7,12-13H,3-6,8-9H2,1-2H3,(H,19,22). The highest BCUT2D eigenvalue weighted by Gasteiger charge is 2.39. The van der Waals surface area contributed by atoms with Gasteiger partial charge in [0.05, 0.1) is 25.3 Å². The molecule has 2 aliphatic rings. The molecular formula is C17H22N4O3. The molecule has 2 atom stereocenters. The predicted molar refractivity (Wildman–Crippen MR) is 88.1 cm³/mol. The van der Waals surface area contributed by atoms with E-state index < -0.39 is 0 Å². The topological polar surface area (TPSA) is 79.7 Å². The Hall–Kier alpha value is -2.15. The van der Waals surface area contributed by atoms with Gasteiger partial charge >= 0.3 is 0 Å². The number of aryl methyl sites for hydroxylation is 2. The SMILES string of the molecule is Cc1nc2cc(=O)[nH]n2c(C)c1CCC(=O)N1C2CCC1COC2. The Morgan fingerprint density at radius 1 is 1.33 bits per heavy atom. The molecule has 1 N–H and O–H groups in total. The number of nitrogens with one attached hydrogen (secondary N) is 1. The zero-order valence-corrected chi connectivity index (χ0v) is 14.0. The molecule has 2 fully saturated rings. The molecule has 24 heavy (non-hydrogen) atoms. The molecule has 0 saturated carbocycles. The molecule has 2 aromatic heterocycles. The highest BCUT2D eigenvalue weighted by Crippen LogP contribution is 2.29. The van der Waals surface area contributed by atoms with Crippen molar-refractivity contribution in [3.8, 4) is 0 Å². The van der Waals surface area contributed by atoms with Crippen LogP contribution in [0.25, 0.3) is 5.65 Å². The van der Waals surface area contributed by atoms with Gasteiger partial charge < -0.3 is 9.64 Å². The molecule has 2 unspecified atom stereocenters. The van der Waals surface area contributed by atoms with Crippen molar-refractivity contribution in [3.05, 3.63) is 33.4 Å². The van der Waals surface area contributed by atoms with Crippen LogP contribution in [0.5, 0.6) is 0 Å². The van der Waals surface area contributed by atoms with E-state index in [4.69, 9.17) is 4.74 Å². The molecule has 4 rings (SSSR count). The van der Waals surface area contributed by atoms with Crippen molar-refractivity contribution in [1.82, 2.24) is 19.5 Å². The third kappa shape index (κ3) is 2.43. The molecule has 0 aliphatic carbocycles. The summed E-state index contributed by atoms with van der Waals surface area (Å²) in [7, 11) is 0. The average Bonchev–Trinajstić information content (AvgIpc) is 3.03. The molecular weight excluding hydrogens is 308 g/mol. The summed E-state index contributed by atoms with van der Waals surface area (Å²) in [4.78, 5) is 30.8. The molecule has 2 bridgehead atoms. The van der Waals surface area contributed by atoms with Gasteiger partial charge in [-0.3, -0.25) is 14.7 Å². The fraction of sp³-hybridized carbons (Fsp3) is 0.588. The number of rotatable bonds is 3. The first-order valence-corrected chi connectivity index (χ1v) is 8.51. The van der Waals surface area contributed by atoms with E-state index in [0.717, 1.165) is 29.8 Å². The second-order valence-corrected chi connectivity index (χ2v) is 6.80. The van der Waals surface area contributed by atoms with Crippen LogP contribution in [-0.4, -0.2) is 50.7 Å². The monoisotopic (exact) mass is 330 g/mol. The number of H-pyrrole nitrogens is 1. The minimum Gasteiger partial charge on any atom is -0.377 e. The van der Waals surface area contributed by atoms with Gasteiger partial charge in [0.1, 0.15) is 0 Å². The quantitative estimate of drug-likeness (QED) is 0.909. The van der Waals surface area contributed by atoms with Crippen molar-refractivity contribution in [2.24, 2.45) is 0 Å². The number of amides is 1. The zero-order chi connectivity index (χ0) is 16.8. The van der Waals surface area contributed by atoms with Crippen molar-refractivity contribution >= 4 is 11.6 Å². The summed E-state index contributed by atoms with van der Waals surface area (Å²) in [6.07, 6.45) is 3.20. The zero-order valence-electron chi connectivity index (χ0n) is 14.0. The van der Waals surface area contributed by atoms with Gasteiger partial charge in [0.15, 0.2) is 5.65 Å². The van der Waals surface area contributed by atoms with E-state index in [1.54, 1.807) is 4.52 Å². The third-order valence-corrected chi connectivity index (χ3v) is 5.32. The lowest BCUT2D eigenvalue weighted by molar-refractivity contribution is -0.140. The van der Waals surface area contributed by atoms with Gasteiger partial charge in [0.25, 0.3) is 5.56 Å². The van der Waals surface area contributed by atoms with Crippen LogP contribution in [0, 0.1) is 13.8 Å². The lowest BCUT2D eigenvalue weighted by atomic mass is 10.1. The van der Waals surface area contributed by atoms with Crippen LogP contribution in [-0.2, 0) is 16.0 Å². The second-order valence-electron chi connectivity index (χ2n) is 6.80. The lowest BCUT2D eigenvalue weighted by Crippen LogP contribution is -2.49. The number of ether oxygens (including phenoxy) is 1. The molecule has 0 radical (unpaired) electrons. The van der Waals surface area contributed by atoms with Gasteiger partial charge in [-0.15, -0.1) is 0 Å². The Balaban J connectivity index is 1.54. The largest absolute Gasteiger partial charge is 0.377 e. The summed E-state index contributed by atoms with van der Waals surface area (Å²) in [5, 5.41) is 2.76. The summed E-state index contributed by atoms with van der Waals surface area (Å²) >= 11 is 0. The van der Waals surface area contributed by atoms with Crippen LogP contribution in [0.3, 0.4) is 0 Å². The Morgan fingerprint density at radius 3 is 2.75 bits per heavy atom. The minimum absolute atomic E-state index is 0.164. The van der Waals surface area contributed by atoms with Gasteiger partial charge in [0, 0.05) is 23.9 Å². The fourth-order valence-corrected chi connectivity index (χ4v) is 4.11. The molecule has 0 spiro atoms. The Labute approximate surface area is 139 Å². The molecule has 2 aromatic rings. The first kappa shape index (κ1) is 15.4. The second kappa shape index (κ2) is 5.73. The van der Waals surface area contributed by atoms with E-state index in [1.165, 1.54) is 6.07 Å². The van der Waals surface area contributed by atoms with Gasteiger partial charge in [-0.2, -0.15) is 0 Å². The highest BCUT2D eigenvalue weighted by atomic mass is 16.5. The van der Waals surface area contributed by atoms with Crippen molar-refractivity contribution in [3.63, 3.8) is 0 Å². The van der Waals surface area contributed by atoms with E-state index >= 15 is 0 Å². The third-order valence-electron chi connectivity index (χ3n) is 5.32. The van der Waals surface area contributed by atoms with Gasteiger partial charge in [-0.1, -0.05) is 0 Å². The normalized spacial score (nSPS) is 23.2. The van der Waals surface area contributed by atoms with Crippen LogP contribution >= 0.6 is 0 Å². The maximum Gasteiger partial charge on any atom is 0.266 e. The van der Waals surface area contributed by atoms with Crippen LogP contribution in [0.2, 0.25) is 0 Å². The number of aromatic nitrogens is 3. The molecule has 7 heteroatoms. The fourth-order valence-electron chi connectivity index (χ4n) is 4.11. The summed E-state index contributed by atoms with van der Waals surface area (Å²) < 4.78 is 7.25. The average molecular weight is 330 g/mol. The molecule has 4 heterocycles. The minimum atomic E-state index is -0.164. The van der Waals surface area contributed by atoms with Crippen molar-refractivity contribution < 1.29 is 9.53 Å². The number of carbonyl (C=O) groups is 1. The maximum absolute atomic E-state index is 12.7. The van der Waals surface area contributed by atoms with Crippen LogP contribution < -0.4 is 5.56 Å². The van der Waals surface area contributed by atoms with E-state index in [9.17, 15) is 9.59 Å². The number of fused-ring (bicyclic) bond motifs is 3. The number of hydrogen-bond acceptors (Lipinski definition) is 4. The van der Waals surface area contributed by atoms with Crippen LogP contribution in [0.15, 0.2) is 10.9 Å². The molecule has 128 valence electrons. The first-order valence-electron chi connectivity index (χ1n) is 8.51. The predicted octanol–water partition coefficient (Wildman–Crippen LogP) is 0.962. The van der Waals surface area contributed by atoms with E-state index in [2.05, 4.69) is 10.1 Å². The number of morpholine rings is 1. The molecule has 0 aromatic carbocycles. The van der Waals surface area contributed by atoms with E-state index in [0.29, 0.717) is 31.7 Å². The number of carbonyl (C=O) groups excluding carboxylic acids is 1. The van der Waals surface area contributed by atoms with Gasteiger partial charge in [-0.25, -0.2) is 9.50 Å². The Kier molecular flexibility index (Phi) is 3.68. The van der Waals surface area contributed by atoms with Crippen LogP contribution in [0.1, 0.15) is 36.2 Å². The van der Waals surface area contributed by atoms with Crippen molar-refractivity contribution in [2.45, 2.75) is 51.6 Å². The van der Waals surface area contributed by atoms with Gasteiger partial charge in [-0.05, 0) is 38.7 Å². The molecule has 1 amide bonds. The molecule has 2 saturated heterocycles. The van der Waals surface area contributed by atoms with E-state index in [-0.39, 0.29) is 23.6 Å². The molecule has 7 nitrogen and oxygen atoms in total. The van der Waals surface area contributed by atoms with Crippen LogP contribution in [0.4, 0.5) is 0 Å². The smallest absolute Gasteiger partial charge is 0.266 e. The molecule has 2 aliphatic heterocycles. The number of hydrogen-bond donors (Lipinski definition) is 1. The van der Waals surface area contributed by atoms with Crippen molar-refractivity contribution in [1.29, 1.82) is 0 Å². The highest BCUT2D eigenvalue weighted by molar-refractivity contribution is 5.77. The van der Waals surface area contributed by atoms with E-state index in [1.807, 2.05) is 18.7 Å². The maximum atomic E-state index is 12.7. The summed E-state index contributed by atoms with van der Waals surface area (Å²) in [5.74, 6) is 0.200. The Morgan fingerprint density at radius 2 is 2.04 bits per heavy atom. The Bertz CT molecular complexity index is 837. The summed E-state index contributed by atoms with van der Waals surface area (Å²) in [5.41, 5.74) is 3.31. The number of aromatic amines is 1.